The molecule has 1 aromatic rings. The lowest BCUT2D eigenvalue weighted by atomic mass is 9.96. The van der Waals surface area contributed by atoms with E-state index in [0.29, 0.717) is 4.57 Å². The number of methoxy groups -OCH3 is 1. The number of hydrogen-bond donors (Lipinski definition) is 0. The summed E-state index contributed by atoms with van der Waals surface area (Å²) in [5.41, 5.74) is 1.84. The van der Waals surface area contributed by atoms with Gasteiger partial charge in [-0.05, 0) is 42.3 Å². The Morgan fingerprint density at radius 2 is 1.60 bits per heavy atom. The summed E-state index contributed by atoms with van der Waals surface area (Å²) < 4.78 is 42.7. The van der Waals surface area contributed by atoms with Gasteiger partial charge in [-0.2, -0.15) is 4.57 Å². The first-order chi connectivity index (χ1) is 18.8. The van der Waals surface area contributed by atoms with Crippen molar-refractivity contribution < 1.29 is 27.5 Å². The number of hydrogen-bond acceptors (Lipinski definition) is 7. The van der Waals surface area contributed by atoms with Gasteiger partial charge in [-0.25, -0.2) is 14.0 Å². The summed E-state index contributed by atoms with van der Waals surface area (Å²) in [6, 6.07) is 1.01. The SMILES string of the molecule is COC(=O)n1c(=O)ccn([C@@H]2O[C@](C=C=C[Si](C)(C)C)(CO[Si](C)(C)C(C)(C)C)[C@@H](O[Si](C)(C)C(C)(C)C)[C@@H]2F)c1=O. The molecule has 0 unspecified atom stereocenters. The van der Waals surface area contributed by atoms with Crippen LogP contribution in [0.4, 0.5) is 9.18 Å². The summed E-state index contributed by atoms with van der Waals surface area (Å²) in [4.78, 5) is 38.0. The van der Waals surface area contributed by atoms with Gasteiger partial charge in [0, 0.05) is 12.3 Å². The lowest BCUT2D eigenvalue weighted by Gasteiger charge is -2.44. The van der Waals surface area contributed by atoms with E-state index in [-0.39, 0.29) is 16.7 Å². The fourth-order valence-corrected chi connectivity index (χ4v) is 6.73. The number of halogens is 1. The van der Waals surface area contributed by atoms with Gasteiger partial charge in [0.1, 0.15) is 11.7 Å². The van der Waals surface area contributed by atoms with Crippen LogP contribution in [0.5, 0.6) is 0 Å². The van der Waals surface area contributed by atoms with Crippen molar-refractivity contribution in [1.29, 1.82) is 0 Å². The Morgan fingerprint density at radius 1 is 1.05 bits per heavy atom. The molecule has 1 aromatic heterocycles. The topological polar surface area (TPSA) is 98.0 Å². The van der Waals surface area contributed by atoms with E-state index in [1.807, 2.05) is 18.8 Å². The smallest absolute Gasteiger partial charge is 0.425 e. The minimum Gasteiger partial charge on any atom is -0.452 e. The van der Waals surface area contributed by atoms with E-state index in [0.717, 1.165) is 23.9 Å². The third kappa shape index (κ3) is 7.79. The maximum atomic E-state index is 16.9. The molecule has 0 spiro atoms. The number of carbonyl (C=O) groups is 1. The van der Waals surface area contributed by atoms with Crippen molar-refractivity contribution in [3.05, 3.63) is 50.6 Å². The maximum absolute atomic E-state index is 16.9. The van der Waals surface area contributed by atoms with E-state index >= 15 is 4.39 Å². The van der Waals surface area contributed by atoms with Crippen LogP contribution in [0.15, 0.2) is 39.4 Å². The molecule has 238 valence electrons. The summed E-state index contributed by atoms with van der Waals surface area (Å²) >= 11 is 0. The molecule has 0 bridgehead atoms. The summed E-state index contributed by atoms with van der Waals surface area (Å²) in [5.74, 6) is 0. The lowest BCUT2D eigenvalue weighted by molar-refractivity contribution is -0.0937. The minimum atomic E-state index is -2.61. The zero-order valence-electron chi connectivity index (χ0n) is 27.9. The van der Waals surface area contributed by atoms with E-state index in [1.165, 1.54) is 0 Å². The summed E-state index contributed by atoms with van der Waals surface area (Å²) in [7, 11) is -5.63. The molecular formula is C29H51FN2O7Si3. The van der Waals surface area contributed by atoms with E-state index in [2.05, 4.69) is 84.7 Å². The van der Waals surface area contributed by atoms with Gasteiger partial charge in [0.2, 0.25) is 0 Å². The third-order valence-electron chi connectivity index (χ3n) is 8.56. The second-order valence-corrected chi connectivity index (χ2v) is 29.8. The summed E-state index contributed by atoms with van der Waals surface area (Å²) in [6.45, 7) is 27.2. The normalized spacial score (nSPS) is 23.8. The Hall–Kier alpha value is -1.87. The van der Waals surface area contributed by atoms with Crippen LogP contribution in [0.25, 0.3) is 0 Å². The monoisotopic (exact) mass is 642 g/mol. The second-order valence-electron chi connectivity index (χ2n) is 15.2. The molecule has 9 nitrogen and oxygen atoms in total. The van der Waals surface area contributed by atoms with Crippen LogP contribution in [0, 0.1) is 0 Å². The number of rotatable bonds is 8. The maximum Gasteiger partial charge on any atom is 0.425 e. The van der Waals surface area contributed by atoms with E-state index in [9.17, 15) is 14.4 Å². The van der Waals surface area contributed by atoms with Crippen LogP contribution in [-0.4, -0.2) is 71.5 Å². The van der Waals surface area contributed by atoms with Gasteiger partial charge in [-0.1, -0.05) is 66.9 Å². The molecule has 13 heteroatoms. The summed E-state index contributed by atoms with van der Waals surface area (Å²) in [5, 5.41) is -0.397. The zero-order valence-corrected chi connectivity index (χ0v) is 30.9. The molecule has 1 fully saturated rings. The predicted octanol–water partition coefficient (Wildman–Crippen LogP) is 6.23. The Kier molecular flexibility index (Phi) is 10.6. The van der Waals surface area contributed by atoms with Crippen molar-refractivity contribution in [3.63, 3.8) is 0 Å². The van der Waals surface area contributed by atoms with Crippen LogP contribution in [0.2, 0.25) is 55.9 Å². The van der Waals surface area contributed by atoms with Crippen molar-refractivity contribution in [2.24, 2.45) is 0 Å². The number of nitrogens with zero attached hydrogens (tertiary/aromatic N) is 2. The highest BCUT2D eigenvalue weighted by molar-refractivity contribution is 6.80. The molecule has 0 aliphatic carbocycles. The van der Waals surface area contributed by atoms with Gasteiger partial charge in [0.25, 0.3) is 5.56 Å². The highest BCUT2D eigenvalue weighted by Gasteiger charge is 2.60. The predicted molar refractivity (Wildman–Crippen MR) is 172 cm³/mol. The molecular weight excluding hydrogens is 592 g/mol. The number of alkyl halides is 1. The second kappa shape index (κ2) is 12.3. The Morgan fingerprint density at radius 3 is 2.07 bits per heavy atom. The Labute approximate surface area is 253 Å². The number of aromatic nitrogens is 2. The largest absolute Gasteiger partial charge is 0.452 e. The molecule has 2 heterocycles. The first-order valence-corrected chi connectivity index (χ1v) is 23.7. The van der Waals surface area contributed by atoms with Crippen LogP contribution < -0.4 is 11.2 Å². The van der Waals surface area contributed by atoms with E-state index < -0.39 is 66.2 Å². The van der Waals surface area contributed by atoms with Gasteiger partial charge < -0.3 is 18.3 Å². The van der Waals surface area contributed by atoms with Gasteiger partial charge in [-0.15, -0.1) is 5.73 Å². The van der Waals surface area contributed by atoms with Crippen molar-refractivity contribution in [2.75, 3.05) is 13.7 Å². The first kappa shape index (κ1) is 36.3. The molecule has 0 aromatic carbocycles. The molecule has 0 amide bonds. The van der Waals surface area contributed by atoms with E-state index in [1.54, 1.807) is 6.08 Å². The minimum absolute atomic E-state index is 0.0301. The fraction of sp³-hybridized carbons (Fsp3) is 0.724. The van der Waals surface area contributed by atoms with Gasteiger partial charge in [0.15, 0.2) is 29.0 Å². The summed E-state index contributed by atoms with van der Waals surface area (Å²) in [6.07, 6.45) is -2.89. The highest BCUT2D eigenvalue weighted by atomic mass is 28.4. The molecule has 1 aliphatic rings. The molecule has 0 radical (unpaired) electrons. The van der Waals surface area contributed by atoms with Crippen molar-refractivity contribution >= 4 is 30.8 Å². The highest BCUT2D eigenvalue weighted by Crippen LogP contribution is 2.47. The molecule has 42 heavy (non-hydrogen) atoms. The molecule has 1 saturated heterocycles. The molecule has 1 aliphatic heterocycles. The average Bonchev–Trinajstić information content (AvgIpc) is 3.07. The lowest BCUT2D eigenvalue weighted by Crippen LogP contribution is -2.55. The number of carbonyl (C=O) groups excluding carboxylic acids is 1. The van der Waals surface area contributed by atoms with Crippen molar-refractivity contribution in [3.8, 4) is 0 Å². The van der Waals surface area contributed by atoms with Gasteiger partial charge in [-0.3, -0.25) is 9.36 Å². The average molecular weight is 643 g/mol. The van der Waals surface area contributed by atoms with Crippen LogP contribution in [-0.2, 0) is 18.3 Å². The Bertz CT molecular complexity index is 1330. The van der Waals surface area contributed by atoms with Crippen LogP contribution >= 0.6 is 0 Å². The Balaban J connectivity index is 2.86. The van der Waals surface area contributed by atoms with Crippen molar-refractivity contribution in [2.45, 2.75) is 122 Å². The quantitative estimate of drug-likeness (QED) is 0.245. The van der Waals surface area contributed by atoms with Crippen LogP contribution in [0.1, 0.15) is 47.8 Å². The first-order valence-electron chi connectivity index (χ1n) is 14.3. The standard InChI is InChI=1S/C29H51FN2O7Si3/c1-27(2,3)41(11,12)37-20-29(17-15-19-40(8,9)10)23(39-42(13,14)28(4,5)6)22(30)24(38-29)31-18-16-21(33)32(25(31)34)26(35)36-7/h16-19,22-24H,20H2,1-14H3/t15?,22-,23-,24+,29+/m0/s1. The molecule has 0 saturated carbocycles. The van der Waals surface area contributed by atoms with E-state index in [4.69, 9.17) is 13.6 Å². The fourth-order valence-electron chi connectivity index (χ4n) is 3.81. The molecule has 4 atom stereocenters. The third-order valence-corrected chi connectivity index (χ3v) is 18.5. The van der Waals surface area contributed by atoms with Gasteiger partial charge >= 0.3 is 11.8 Å². The molecule has 0 N–H and O–H groups in total. The van der Waals surface area contributed by atoms with Gasteiger partial charge in [0.05, 0.1) is 21.8 Å². The zero-order chi connectivity index (χ0) is 32.7. The molecule has 2 rings (SSSR count). The van der Waals surface area contributed by atoms with Crippen molar-refractivity contribution in [1.82, 2.24) is 9.13 Å². The van der Waals surface area contributed by atoms with Crippen LogP contribution in [0.3, 0.4) is 0 Å². The number of ether oxygens (including phenoxy) is 2.